The fourth-order valence-corrected chi connectivity index (χ4v) is 4.99. The highest BCUT2D eigenvalue weighted by Gasteiger charge is 2.18. The number of sulfonamides is 1. The van der Waals surface area contributed by atoms with Crippen LogP contribution in [0.15, 0.2) is 82.8 Å². The highest BCUT2D eigenvalue weighted by atomic mass is 32.2. The standard InChI is InChI=1S/C24H22N4O5S2/c1-16-3-13-21(14-4-16)35(31,32)27-18-7-5-17(6-8-18)23-25-26-24(34-15-22(29)30)28(23)19-9-11-20(33-2)12-10-19/h3-14,27H,15H2,1-2H3,(H,29,30). The van der Waals surface area contributed by atoms with Crippen molar-refractivity contribution in [3.05, 3.63) is 78.4 Å². The fourth-order valence-electron chi connectivity index (χ4n) is 3.26. The number of anilines is 1. The van der Waals surface area contributed by atoms with E-state index in [0.29, 0.717) is 28.0 Å². The summed E-state index contributed by atoms with van der Waals surface area (Å²) < 4.78 is 34.9. The van der Waals surface area contributed by atoms with Gasteiger partial charge in [-0.25, -0.2) is 8.42 Å². The van der Waals surface area contributed by atoms with Gasteiger partial charge >= 0.3 is 5.97 Å². The highest BCUT2D eigenvalue weighted by Crippen LogP contribution is 2.30. The summed E-state index contributed by atoms with van der Waals surface area (Å²) in [5.41, 5.74) is 2.76. The lowest BCUT2D eigenvalue weighted by Gasteiger charge is -2.12. The Bertz CT molecular complexity index is 1430. The molecule has 2 N–H and O–H groups in total. The van der Waals surface area contributed by atoms with Crippen molar-refractivity contribution in [2.45, 2.75) is 17.0 Å². The van der Waals surface area contributed by atoms with E-state index >= 15 is 0 Å². The summed E-state index contributed by atoms with van der Waals surface area (Å²) in [6.07, 6.45) is 0. The molecule has 1 aromatic heterocycles. The second-order valence-corrected chi connectivity index (χ2v) is 10.1. The van der Waals surface area contributed by atoms with Crippen LogP contribution in [0.2, 0.25) is 0 Å². The molecule has 0 aliphatic heterocycles. The molecule has 3 aromatic carbocycles. The van der Waals surface area contributed by atoms with Gasteiger partial charge in [-0.15, -0.1) is 10.2 Å². The van der Waals surface area contributed by atoms with Crippen LogP contribution in [0.1, 0.15) is 5.56 Å². The Labute approximate surface area is 206 Å². The molecule has 180 valence electrons. The maximum Gasteiger partial charge on any atom is 0.313 e. The molecule has 0 saturated heterocycles. The largest absolute Gasteiger partial charge is 0.497 e. The predicted octanol–water partition coefficient (Wildman–Crippen LogP) is 4.23. The number of thioether (sulfide) groups is 1. The van der Waals surface area contributed by atoms with Gasteiger partial charge in [0.15, 0.2) is 11.0 Å². The molecule has 1 heterocycles. The second kappa shape index (κ2) is 10.2. The molecule has 0 aliphatic rings. The van der Waals surface area contributed by atoms with Crippen LogP contribution in [0, 0.1) is 6.92 Å². The molecule has 4 aromatic rings. The predicted molar refractivity (Wildman–Crippen MR) is 134 cm³/mol. The summed E-state index contributed by atoms with van der Waals surface area (Å²) >= 11 is 1.05. The number of benzene rings is 3. The van der Waals surface area contributed by atoms with Crippen LogP contribution in [0.25, 0.3) is 17.1 Å². The molecule has 0 amide bonds. The van der Waals surface area contributed by atoms with Gasteiger partial charge in [0.25, 0.3) is 10.0 Å². The number of hydrogen-bond acceptors (Lipinski definition) is 7. The summed E-state index contributed by atoms with van der Waals surface area (Å²) in [6, 6.07) is 20.5. The third kappa shape index (κ3) is 5.64. The summed E-state index contributed by atoms with van der Waals surface area (Å²) in [6.45, 7) is 1.89. The highest BCUT2D eigenvalue weighted by molar-refractivity contribution is 7.99. The van der Waals surface area contributed by atoms with Gasteiger partial charge < -0.3 is 9.84 Å². The maximum absolute atomic E-state index is 12.7. The van der Waals surface area contributed by atoms with Crippen molar-refractivity contribution in [2.24, 2.45) is 0 Å². The van der Waals surface area contributed by atoms with E-state index in [4.69, 9.17) is 9.84 Å². The molecule has 0 saturated carbocycles. The van der Waals surface area contributed by atoms with E-state index in [1.165, 1.54) is 0 Å². The summed E-state index contributed by atoms with van der Waals surface area (Å²) in [4.78, 5) is 11.3. The minimum Gasteiger partial charge on any atom is -0.497 e. The lowest BCUT2D eigenvalue weighted by Crippen LogP contribution is -2.12. The van der Waals surface area contributed by atoms with Crippen molar-refractivity contribution in [3.63, 3.8) is 0 Å². The molecule has 0 unspecified atom stereocenters. The Balaban J connectivity index is 1.65. The molecule has 0 aliphatic carbocycles. The Hall–Kier alpha value is -3.83. The minimum atomic E-state index is -3.73. The third-order valence-corrected chi connectivity index (χ3v) is 7.33. The average Bonchev–Trinajstić information content (AvgIpc) is 3.27. The van der Waals surface area contributed by atoms with Crippen molar-refractivity contribution >= 4 is 33.4 Å². The summed E-state index contributed by atoms with van der Waals surface area (Å²) in [7, 11) is -2.16. The Kier molecular flexibility index (Phi) is 7.08. The Morgan fingerprint density at radius 3 is 2.26 bits per heavy atom. The van der Waals surface area contributed by atoms with Crippen molar-refractivity contribution in [1.82, 2.24) is 14.8 Å². The van der Waals surface area contributed by atoms with Crippen LogP contribution in [-0.4, -0.2) is 47.1 Å². The van der Waals surface area contributed by atoms with Crippen LogP contribution in [-0.2, 0) is 14.8 Å². The average molecular weight is 511 g/mol. The van der Waals surface area contributed by atoms with E-state index in [1.807, 2.05) is 19.1 Å². The fraction of sp³-hybridized carbons (Fsp3) is 0.125. The normalized spacial score (nSPS) is 11.3. The molecule has 0 atom stereocenters. The first-order valence-electron chi connectivity index (χ1n) is 10.4. The molecule has 0 radical (unpaired) electrons. The number of methoxy groups -OCH3 is 1. The summed E-state index contributed by atoms with van der Waals surface area (Å²) in [5.74, 6) is 0.0176. The van der Waals surface area contributed by atoms with Crippen LogP contribution in [0.3, 0.4) is 0 Å². The van der Waals surface area contributed by atoms with E-state index in [-0.39, 0.29) is 10.6 Å². The van der Waals surface area contributed by atoms with Gasteiger partial charge in [-0.1, -0.05) is 29.5 Å². The number of carbonyl (C=O) groups is 1. The number of aromatic nitrogens is 3. The van der Waals surface area contributed by atoms with Crippen LogP contribution >= 0.6 is 11.8 Å². The SMILES string of the molecule is COc1ccc(-n2c(SCC(=O)O)nnc2-c2ccc(NS(=O)(=O)c3ccc(C)cc3)cc2)cc1. The van der Waals surface area contributed by atoms with Crippen LogP contribution in [0.5, 0.6) is 5.75 Å². The van der Waals surface area contributed by atoms with Crippen LogP contribution in [0.4, 0.5) is 5.69 Å². The van der Waals surface area contributed by atoms with Gasteiger partial charge in [0.2, 0.25) is 0 Å². The zero-order valence-corrected chi connectivity index (χ0v) is 20.5. The molecule has 0 spiro atoms. The number of ether oxygens (including phenoxy) is 1. The van der Waals surface area contributed by atoms with Gasteiger partial charge in [0, 0.05) is 16.9 Å². The third-order valence-electron chi connectivity index (χ3n) is 5.02. The maximum atomic E-state index is 12.7. The number of nitrogens with zero attached hydrogens (tertiary/aromatic N) is 3. The zero-order valence-electron chi connectivity index (χ0n) is 18.9. The quantitative estimate of drug-likeness (QED) is 0.321. The number of aryl methyl sites for hydroxylation is 1. The van der Waals surface area contributed by atoms with E-state index in [2.05, 4.69) is 14.9 Å². The number of carboxylic acid groups (broad SMARTS) is 1. The number of rotatable bonds is 9. The number of nitrogens with one attached hydrogen (secondary N) is 1. The van der Waals surface area contributed by atoms with Gasteiger partial charge in [-0.2, -0.15) is 0 Å². The van der Waals surface area contributed by atoms with E-state index in [0.717, 1.165) is 23.0 Å². The first kappa shape index (κ1) is 24.3. The summed E-state index contributed by atoms with van der Waals surface area (Å²) in [5, 5.41) is 18.0. The first-order chi connectivity index (χ1) is 16.8. The molecular weight excluding hydrogens is 488 g/mol. The minimum absolute atomic E-state index is 0.173. The van der Waals surface area contributed by atoms with Gasteiger partial charge in [0.05, 0.1) is 17.8 Å². The smallest absolute Gasteiger partial charge is 0.313 e. The monoisotopic (exact) mass is 510 g/mol. The molecular formula is C24H22N4O5S2. The zero-order chi connectivity index (χ0) is 25.0. The van der Waals surface area contributed by atoms with E-state index < -0.39 is 16.0 Å². The van der Waals surface area contributed by atoms with E-state index in [1.54, 1.807) is 72.3 Å². The lowest BCUT2D eigenvalue weighted by atomic mass is 10.2. The Morgan fingerprint density at radius 1 is 1.00 bits per heavy atom. The van der Waals surface area contributed by atoms with Crippen LogP contribution < -0.4 is 9.46 Å². The molecule has 4 rings (SSSR count). The van der Waals surface area contributed by atoms with Crippen molar-refractivity contribution < 1.29 is 23.1 Å². The van der Waals surface area contributed by atoms with Crippen molar-refractivity contribution in [3.8, 4) is 22.8 Å². The number of hydrogen-bond donors (Lipinski definition) is 2. The molecule has 9 nitrogen and oxygen atoms in total. The second-order valence-electron chi connectivity index (χ2n) is 7.52. The van der Waals surface area contributed by atoms with Crippen molar-refractivity contribution in [2.75, 3.05) is 17.6 Å². The van der Waals surface area contributed by atoms with Crippen molar-refractivity contribution in [1.29, 1.82) is 0 Å². The van der Waals surface area contributed by atoms with Gasteiger partial charge in [-0.3, -0.25) is 14.1 Å². The molecule has 0 bridgehead atoms. The Morgan fingerprint density at radius 2 is 1.66 bits per heavy atom. The van der Waals surface area contributed by atoms with Gasteiger partial charge in [0.1, 0.15) is 5.75 Å². The van der Waals surface area contributed by atoms with E-state index in [9.17, 15) is 13.2 Å². The number of aliphatic carboxylic acids is 1. The number of carboxylic acids is 1. The molecule has 11 heteroatoms. The lowest BCUT2D eigenvalue weighted by molar-refractivity contribution is -0.133. The first-order valence-corrected chi connectivity index (χ1v) is 12.9. The molecule has 35 heavy (non-hydrogen) atoms. The van der Waals surface area contributed by atoms with Gasteiger partial charge in [-0.05, 0) is 67.6 Å². The topological polar surface area (TPSA) is 123 Å². The molecule has 0 fully saturated rings.